The topological polar surface area (TPSA) is 51.0 Å². The van der Waals surface area contributed by atoms with Crippen molar-refractivity contribution in [2.75, 3.05) is 18.6 Å². The Morgan fingerprint density at radius 2 is 1.95 bits per heavy atom. The summed E-state index contributed by atoms with van der Waals surface area (Å²) in [6.45, 7) is 2.28. The van der Waals surface area contributed by atoms with Gasteiger partial charge in [0.2, 0.25) is 5.89 Å². The van der Waals surface area contributed by atoms with E-state index >= 15 is 0 Å². The van der Waals surface area contributed by atoms with Crippen molar-refractivity contribution in [3.63, 3.8) is 0 Å². The van der Waals surface area contributed by atoms with Crippen molar-refractivity contribution < 1.29 is 4.52 Å². The van der Waals surface area contributed by atoms with Crippen LogP contribution in [0.1, 0.15) is 61.9 Å². The van der Waals surface area contributed by atoms with E-state index in [1.54, 1.807) is 0 Å². The lowest BCUT2D eigenvalue weighted by molar-refractivity contribution is 0.309. The van der Waals surface area contributed by atoms with Crippen LogP contribution in [0.4, 0.5) is 0 Å². The first-order valence-corrected chi connectivity index (χ1v) is 10.1. The van der Waals surface area contributed by atoms with Crippen LogP contribution >= 0.6 is 23.5 Å². The molecule has 2 fully saturated rings. The molecule has 1 saturated heterocycles. The van der Waals surface area contributed by atoms with E-state index < -0.39 is 0 Å². The average molecular weight is 328 g/mol. The van der Waals surface area contributed by atoms with E-state index in [4.69, 9.17) is 9.51 Å². The summed E-state index contributed by atoms with van der Waals surface area (Å²) in [4.78, 5) is 4.80. The Kier molecular flexibility index (Phi) is 5.51. The minimum Gasteiger partial charge on any atom is -0.339 e. The summed E-state index contributed by atoms with van der Waals surface area (Å²) in [6.07, 6.45) is 6.26. The predicted octanol–water partition coefficient (Wildman–Crippen LogP) is 3.61. The molecule has 4 unspecified atom stereocenters. The second-order valence-electron chi connectivity index (χ2n) is 6.00. The van der Waals surface area contributed by atoms with Gasteiger partial charge in [0.1, 0.15) is 0 Å². The van der Waals surface area contributed by atoms with Crippen molar-refractivity contribution in [1.29, 1.82) is 0 Å². The maximum absolute atomic E-state index is 5.67. The Hall–Kier alpha value is -0.200. The highest BCUT2D eigenvalue weighted by atomic mass is 32.2. The molecule has 118 valence electrons. The van der Waals surface area contributed by atoms with Gasteiger partial charge in [0.05, 0.1) is 11.2 Å². The highest BCUT2D eigenvalue weighted by molar-refractivity contribution is 8.06. The van der Waals surface area contributed by atoms with Crippen LogP contribution in [-0.4, -0.2) is 40.0 Å². The number of rotatable bonds is 3. The van der Waals surface area contributed by atoms with Crippen molar-refractivity contribution >= 4 is 23.5 Å². The molecule has 0 amide bonds. The first-order valence-electron chi connectivity index (χ1n) is 8.03. The zero-order chi connectivity index (χ0) is 14.7. The van der Waals surface area contributed by atoms with Crippen molar-refractivity contribution in [3.05, 3.63) is 11.7 Å². The molecule has 3 rings (SSSR count). The Morgan fingerprint density at radius 1 is 1.14 bits per heavy atom. The Bertz CT molecular complexity index is 454. The van der Waals surface area contributed by atoms with Crippen LogP contribution in [0.5, 0.6) is 0 Å². The number of thioether (sulfide) groups is 2. The zero-order valence-corrected chi connectivity index (χ0v) is 14.5. The number of nitrogens with zero attached hydrogens (tertiary/aromatic N) is 2. The molecule has 1 aromatic rings. The van der Waals surface area contributed by atoms with E-state index in [9.17, 15) is 0 Å². The van der Waals surface area contributed by atoms with Gasteiger partial charge in [0, 0.05) is 22.8 Å². The molecule has 21 heavy (non-hydrogen) atoms. The molecule has 1 aromatic heterocycles. The van der Waals surface area contributed by atoms with Crippen LogP contribution in [0, 0.1) is 0 Å². The zero-order valence-electron chi connectivity index (χ0n) is 12.9. The van der Waals surface area contributed by atoms with Crippen LogP contribution in [0.2, 0.25) is 0 Å². The molecule has 0 aromatic carbocycles. The molecule has 1 saturated carbocycles. The molecular weight excluding hydrogens is 302 g/mol. The van der Waals surface area contributed by atoms with Crippen molar-refractivity contribution in [1.82, 2.24) is 15.5 Å². The van der Waals surface area contributed by atoms with Crippen LogP contribution in [0.15, 0.2) is 4.52 Å². The fourth-order valence-corrected chi connectivity index (χ4v) is 6.06. The summed E-state index contributed by atoms with van der Waals surface area (Å²) in [6, 6.07) is 0.478. The lowest BCUT2D eigenvalue weighted by Gasteiger charge is -2.25. The lowest BCUT2D eigenvalue weighted by Crippen LogP contribution is -2.31. The second-order valence-corrected chi connectivity index (χ2v) is 8.73. The molecule has 0 radical (unpaired) electrons. The summed E-state index contributed by atoms with van der Waals surface area (Å²) >= 11 is 3.99. The third-order valence-corrected chi connectivity index (χ3v) is 7.69. The van der Waals surface area contributed by atoms with Gasteiger partial charge in [-0.3, -0.25) is 0 Å². The van der Waals surface area contributed by atoms with E-state index in [2.05, 4.69) is 24.4 Å². The van der Waals surface area contributed by atoms with Gasteiger partial charge in [-0.2, -0.15) is 16.7 Å². The molecule has 6 heteroatoms. The summed E-state index contributed by atoms with van der Waals surface area (Å²) in [5.41, 5.74) is 0. The molecule has 2 heterocycles. The molecule has 1 aliphatic carbocycles. The smallest absolute Gasteiger partial charge is 0.231 e. The van der Waals surface area contributed by atoms with Gasteiger partial charge >= 0.3 is 0 Å². The van der Waals surface area contributed by atoms with Gasteiger partial charge in [0.25, 0.3) is 0 Å². The highest BCUT2D eigenvalue weighted by Gasteiger charge is 2.32. The van der Waals surface area contributed by atoms with Crippen LogP contribution < -0.4 is 5.32 Å². The summed E-state index contributed by atoms with van der Waals surface area (Å²) in [7, 11) is 2.05. The first-order chi connectivity index (χ1) is 10.3. The van der Waals surface area contributed by atoms with Gasteiger partial charge in [0.15, 0.2) is 5.82 Å². The molecule has 4 nitrogen and oxygen atoms in total. The first kappa shape index (κ1) is 15.7. The van der Waals surface area contributed by atoms with Crippen LogP contribution in [0.25, 0.3) is 0 Å². The summed E-state index contributed by atoms with van der Waals surface area (Å²) in [5.74, 6) is 4.57. The van der Waals surface area contributed by atoms with E-state index in [-0.39, 0.29) is 0 Å². The third kappa shape index (κ3) is 3.59. The third-order valence-electron chi connectivity index (χ3n) is 4.60. The highest BCUT2D eigenvalue weighted by Crippen LogP contribution is 2.42. The van der Waals surface area contributed by atoms with Gasteiger partial charge in [-0.1, -0.05) is 31.3 Å². The van der Waals surface area contributed by atoms with Gasteiger partial charge in [-0.05, 0) is 19.9 Å². The van der Waals surface area contributed by atoms with E-state index in [0.717, 1.165) is 18.1 Å². The van der Waals surface area contributed by atoms with Crippen LogP contribution in [0.3, 0.4) is 0 Å². The fourth-order valence-electron chi connectivity index (χ4n) is 3.38. The largest absolute Gasteiger partial charge is 0.339 e. The minimum atomic E-state index is 0.385. The Morgan fingerprint density at radius 3 is 2.76 bits per heavy atom. The van der Waals surface area contributed by atoms with Gasteiger partial charge in [-0.25, -0.2) is 0 Å². The molecular formula is C15H25N3OS2. The van der Waals surface area contributed by atoms with Crippen molar-refractivity contribution in [3.8, 4) is 0 Å². The number of hydrogen-bond donors (Lipinski definition) is 1. The van der Waals surface area contributed by atoms with E-state index in [1.807, 2.05) is 23.5 Å². The predicted molar refractivity (Wildman–Crippen MR) is 90.1 cm³/mol. The summed E-state index contributed by atoms with van der Waals surface area (Å²) in [5, 5.41) is 8.73. The quantitative estimate of drug-likeness (QED) is 0.856. The monoisotopic (exact) mass is 327 g/mol. The Labute approximate surface area is 135 Å². The standard InChI is InChI=1S/C15H25N3OS2/c1-10-13(21-9-8-20-10)14-17-15(19-18-14)11-6-4-3-5-7-12(11)16-2/h10-13,16H,3-9H2,1-2H3. The number of hydrogen-bond acceptors (Lipinski definition) is 6. The normalized spacial score (nSPS) is 34.6. The van der Waals surface area contributed by atoms with Crippen molar-refractivity contribution in [2.45, 2.75) is 61.5 Å². The SMILES string of the molecule is CNC1CCCCCC1c1nc(C2SCCSC2C)no1. The molecule has 4 atom stereocenters. The van der Waals surface area contributed by atoms with E-state index in [0.29, 0.717) is 22.5 Å². The molecule has 1 aliphatic heterocycles. The van der Waals surface area contributed by atoms with Crippen molar-refractivity contribution in [2.24, 2.45) is 0 Å². The number of aromatic nitrogens is 2. The fraction of sp³-hybridized carbons (Fsp3) is 0.867. The molecule has 2 aliphatic rings. The van der Waals surface area contributed by atoms with Crippen LogP contribution in [-0.2, 0) is 0 Å². The number of nitrogens with one attached hydrogen (secondary N) is 1. The molecule has 1 N–H and O–H groups in total. The molecule has 0 bridgehead atoms. The number of likely N-dealkylation sites (N-methyl/N-ethyl adjacent to an activating group) is 1. The van der Waals surface area contributed by atoms with E-state index in [1.165, 1.54) is 37.2 Å². The minimum absolute atomic E-state index is 0.385. The average Bonchev–Trinajstić information content (AvgIpc) is 2.85. The lowest BCUT2D eigenvalue weighted by atomic mass is 9.95. The second kappa shape index (κ2) is 7.38. The maximum atomic E-state index is 5.67. The van der Waals surface area contributed by atoms with Gasteiger partial charge < -0.3 is 9.84 Å². The van der Waals surface area contributed by atoms with Gasteiger partial charge in [-0.15, -0.1) is 11.8 Å². The molecule has 0 spiro atoms. The maximum Gasteiger partial charge on any atom is 0.231 e. The Balaban J connectivity index is 1.76. The summed E-state index contributed by atoms with van der Waals surface area (Å²) < 4.78 is 5.67.